The molecule has 2 N–H and O–H groups in total. The number of hydrogen-bond donors (Lipinski definition) is 1. The molecule has 0 unspecified atom stereocenters. The molecule has 0 bridgehead atoms. The first-order chi connectivity index (χ1) is 9.35. The molecule has 0 saturated carbocycles. The van der Waals surface area contributed by atoms with Gasteiger partial charge >= 0.3 is 6.09 Å². The van der Waals surface area contributed by atoms with Crippen molar-refractivity contribution in [2.45, 2.75) is 45.1 Å². The van der Waals surface area contributed by atoms with Crippen LogP contribution in [0.15, 0.2) is 12.4 Å². The van der Waals surface area contributed by atoms with E-state index in [1.807, 2.05) is 20.8 Å². The van der Waals surface area contributed by atoms with Crippen molar-refractivity contribution in [2.24, 2.45) is 0 Å². The Labute approximate surface area is 119 Å². The Morgan fingerprint density at radius 2 is 1.85 bits per heavy atom. The summed E-state index contributed by atoms with van der Waals surface area (Å²) in [5.74, 6) is 0.675. The zero-order valence-corrected chi connectivity index (χ0v) is 12.3. The van der Waals surface area contributed by atoms with Crippen LogP contribution in [0.25, 0.3) is 0 Å². The SMILES string of the molecule is CC(C)(C)OC(=O)N1CCC(c2cnc(N)nc2)CC1. The number of nitrogens with two attached hydrogens (primary N) is 1. The molecule has 1 aliphatic rings. The van der Waals surface area contributed by atoms with Crippen LogP contribution in [0, 0.1) is 0 Å². The molecule has 110 valence electrons. The maximum absolute atomic E-state index is 12.0. The quantitative estimate of drug-likeness (QED) is 0.851. The monoisotopic (exact) mass is 278 g/mol. The van der Waals surface area contributed by atoms with Crippen LogP contribution < -0.4 is 5.73 Å². The molecule has 20 heavy (non-hydrogen) atoms. The normalized spacial score (nSPS) is 17.1. The van der Waals surface area contributed by atoms with Crippen LogP contribution in [0.5, 0.6) is 0 Å². The third-order valence-electron chi connectivity index (χ3n) is 3.31. The summed E-state index contributed by atoms with van der Waals surface area (Å²) in [7, 11) is 0. The molecule has 0 radical (unpaired) electrons. The van der Waals surface area contributed by atoms with E-state index in [1.165, 1.54) is 0 Å². The van der Waals surface area contributed by atoms with Crippen LogP contribution in [0.3, 0.4) is 0 Å². The van der Waals surface area contributed by atoms with Gasteiger partial charge in [-0.3, -0.25) is 0 Å². The molecular weight excluding hydrogens is 256 g/mol. The summed E-state index contributed by atoms with van der Waals surface area (Å²) in [5.41, 5.74) is 6.13. The first-order valence-corrected chi connectivity index (χ1v) is 6.90. The van der Waals surface area contributed by atoms with Gasteiger partial charge in [0.2, 0.25) is 5.95 Å². The molecule has 1 saturated heterocycles. The zero-order chi connectivity index (χ0) is 14.8. The topological polar surface area (TPSA) is 81.3 Å². The minimum absolute atomic E-state index is 0.232. The average molecular weight is 278 g/mol. The number of carbonyl (C=O) groups is 1. The van der Waals surface area contributed by atoms with E-state index in [4.69, 9.17) is 10.5 Å². The summed E-state index contributed by atoms with van der Waals surface area (Å²) in [5, 5.41) is 0. The van der Waals surface area contributed by atoms with Crippen molar-refractivity contribution in [3.8, 4) is 0 Å². The van der Waals surface area contributed by atoms with Gasteiger partial charge in [-0.05, 0) is 45.1 Å². The highest BCUT2D eigenvalue weighted by atomic mass is 16.6. The minimum atomic E-state index is -0.446. The highest BCUT2D eigenvalue weighted by molar-refractivity contribution is 5.68. The molecule has 1 fully saturated rings. The lowest BCUT2D eigenvalue weighted by Gasteiger charge is -2.33. The lowest BCUT2D eigenvalue weighted by molar-refractivity contribution is 0.0205. The second kappa shape index (κ2) is 5.64. The molecule has 0 spiro atoms. The predicted octanol–water partition coefficient (Wildman–Crippen LogP) is 2.17. The summed E-state index contributed by atoms with van der Waals surface area (Å²) in [6.45, 7) is 7.03. The van der Waals surface area contributed by atoms with Crippen molar-refractivity contribution < 1.29 is 9.53 Å². The zero-order valence-electron chi connectivity index (χ0n) is 12.3. The molecule has 6 nitrogen and oxygen atoms in total. The van der Waals surface area contributed by atoms with Gasteiger partial charge in [0, 0.05) is 25.5 Å². The lowest BCUT2D eigenvalue weighted by Crippen LogP contribution is -2.41. The summed E-state index contributed by atoms with van der Waals surface area (Å²) in [6, 6.07) is 0. The van der Waals surface area contributed by atoms with Gasteiger partial charge in [0.15, 0.2) is 0 Å². The van der Waals surface area contributed by atoms with E-state index in [2.05, 4.69) is 9.97 Å². The molecule has 1 aromatic rings. The van der Waals surface area contributed by atoms with E-state index < -0.39 is 5.60 Å². The van der Waals surface area contributed by atoms with Crippen LogP contribution in [-0.2, 0) is 4.74 Å². The fourth-order valence-electron chi connectivity index (χ4n) is 2.28. The number of piperidine rings is 1. The van der Waals surface area contributed by atoms with Crippen molar-refractivity contribution in [1.82, 2.24) is 14.9 Å². The molecule has 2 rings (SSSR count). The number of nitrogen functional groups attached to an aromatic ring is 1. The molecule has 1 aromatic heterocycles. The third-order valence-corrected chi connectivity index (χ3v) is 3.31. The number of carbonyl (C=O) groups excluding carboxylic acids is 1. The van der Waals surface area contributed by atoms with Crippen LogP contribution in [-0.4, -0.2) is 39.7 Å². The Morgan fingerprint density at radius 1 is 1.30 bits per heavy atom. The fraction of sp³-hybridized carbons (Fsp3) is 0.643. The molecule has 6 heteroatoms. The number of anilines is 1. The van der Waals surface area contributed by atoms with E-state index in [0.29, 0.717) is 25.0 Å². The predicted molar refractivity (Wildman–Crippen MR) is 76.2 cm³/mol. The Morgan fingerprint density at radius 3 is 2.35 bits per heavy atom. The highest BCUT2D eigenvalue weighted by Gasteiger charge is 2.27. The summed E-state index contributed by atoms with van der Waals surface area (Å²) in [4.78, 5) is 21.8. The van der Waals surface area contributed by atoms with Gasteiger partial charge in [-0.2, -0.15) is 0 Å². The molecule has 0 aromatic carbocycles. The number of nitrogens with zero attached hydrogens (tertiary/aromatic N) is 3. The molecule has 2 heterocycles. The standard InChI is InChI=1S/C14H22N4O2/c1-14(2,3)20-13(19)18-6-4-10(5-7-18)11-8-16-12(15)17-9-11/h8-10H,4-7H2,1-3H3,(H2,15,16,17). The Hall–Kier alpha value is -1.85. The van der Waals surface area contributed by atoms with E-state index in [1.54, 1.807) is 17.3 Å². The summed E-state index contributed by atoms with van der Waals surface area (Å²) in [6.07, 6.45) is 5.11. The van der Waals surface area contributed by atoms with E-state index in [-0.39, 0.29) is 6.09 Å². The lowest BCUT2D eigenvalue weighted by atomic mass is 9.91. The fourth-order valence-corrected chi connectivity index (χ4v) is 2.28. The largest absolute Gasteiger partial charge is 0.444 e. The van der Waals surface area contributed by atoms with Crippen molar-refractivity contribution in [2.75, 3.05) is 18.8 Å². The number of likely N-dealkylation sites (tertiary alicyclic amines) is 1. The average Bonchev–Trinajstić information content (AvgIpc) is 2.38. The first kappa shape index (κ1) is 14.6. The first-order valence-electron chi connectivity index (χ1n) is 6.90. The van der Waals surface area contributed by atoms with E-state index in [9.17, 15) is 4.79 Å². The molecule has 0 aliphatic carbocycles. The number of rotatable bonds is 1. The highest BCUT2D eigenvalue weighted by Crippen LogP contribution is 2.27. The van der Waals surface area contributed by atoms with Gasteiger partial charge in [-0.25, -0.2) is 14.8 Å². The Bertz CT molecular complexity index is 459. The van der Waals surface area contributed by atoms with Gasteiger partial charge in [0.05, 0.1) is 0 Å². The van der Waals surface area contributed by atoms with Crippen molar-refractivity contribution in [3.05, 3.63) is 18.0 Å². The summed E-state index contributed by atoms with van der Waals surface area (Å²) < 4.78 is 5.38. The van der Waals surface area contributed by atoms with Crippen LogP contribution in [0.4, 0.5) is 10.7 Å². The number of ether oxygens (including phenoxy) is 1. The van der Waals surface area contributed by atoms with Gasteiger partial charge in [-0.15, -0.1) is 0 Å². The molecular formula is C14H22N4O2. The molecule has 1 aliphatic heterocycles. The number of amides is 1. The van der Waals surface area contributed by atoms with Crippen molar-refractivity contribution in [3.63, 3.8) is 0 Å². The smallest absolute Gasteiger partial charge is 0.410 e. The van der Waals surface area contributed by atoms with Crippen LogP contribution >= 0.6 is 0 Å². The third kappa shape index (κ3) is 3.82. The van der Waals surface area contributed by atoms with Crippen LogP contribution in [0.1, 0.15) is 45.1 Å². The second-order valence-corrected chi connectivity index (χ2v) is 6.12. The van der Waals surface area contributed by atoms with E-state index in [0.717, 1.165) is 18.4 Å². The maximum Gasteiger partial charge on any atom is 0.410 e. The minimum Gasteiger partial charge on any atom is -0.444 e. The molecule has 1 amide bonds. The van der Waals surface area contributed by atoms with E-state index >= 15 is 0 Å². The van der Waals surface area contributed by atoms with Crippen LogP contribution in [0.2, 0.25) is 0 Å². The number of hydrogen-bond acceptors (Lipinski definition) is 5. The second-order valence-electron chi connectivity index (χ2n) is 6.12. The maximum atomic E-state index is 12.0. The summed E-state index contributed by atoms with van der Waals surface area (Å²) >= 11 is 0. The van der Waals surface area contributed by atoms with Crippen molar-refractivity contribution in [1.29, 1.82) is 0 Å². The van der Waals surface area contributed by atoms with Gasteiger partial charge in [-0.1, -0.05) is 0 Å². The van der Waals surface area contributed by atoms with Crippen molar-refractivity contribution >= 4 is 12.0 Å². The number of aromatic nitrogens is 2. The van der Waals surface area contributed by atoms with Gasteiger partial charge in [0.25, 0.3) is 0 Å². The van der Waals surface area contributed by atoms with Gasteiger partial charge in [0.1, 0.15) is 5.60 Å². The Kier molecular flexibility index (Phi) is 4.11. The van der Waals surface area contributed by atoms with Gasteiger partial charge < -0.3 is 15.4 Å². The molecule has 0 atom stereocenters. The Balaban J connectivity index is 1.89.